The Morgan fingerprint density at radius 1 is 1.17 bits per heavy atom. The quantitative estimate of drug-likeness (QED) is 0.480. The van der Waals surface area contributed by atoms with E-state index in [0.717, 1.165) is 6.07 Å². The van der Waals surface area contributed by atoms with Gasteiger partial charge in [-0.3, -0.25) is 10.1 Å². The first-order valence-corrected chi connectivity index (χ1v) is 6.23. The molecule has 6 nitrogen and oxygen atoms in total. The Hall–Kier alpha value is -2.66. The van der Waals surface area contributed by atoms with Gasteiger partial charge in [-0.25, -0.2) is 4.68 Å². The zero-order chi connectivity index (χ0) is 18.3. The molecule has 1 aromatic carbocycles. The van der Waals surface area contributed by atoms with Gasteiger partial charge in [-0.2, -0.15) is 31.3 Å². The minimum atomic E-state index is -5.16. The summed E-state index contributed by atoms with van der Waals surface area (Å²) >= 11 is 0. The third-order valence-corrected chi connectivity index (χ3v) is 3.11. The number of nitro groups is 1. The summed E-state index contributed by atoms with van der Waals surface area (Å²) in [5, 5.41) is 13.7. The second-order valence-electron chi connectivity index (χ2n) is 4.73. The van der Waals surface area contributed by atoms with E-state index in [-0.39, 0.29) is 21.5 Å². The van der Waals surface area contributed by atoms with Crippen molar-refractivity contribution in [3.8, 4) is 0 Å². The maximum Gasteiger partial charge on any atom is 0.453 e. The largest absolute Gasteiger partial charge is 0.453 e. The number of benzene rings is 1. The van der Waals surface area contributed by atoms with Crippen LogP contribution in [0.1, 0.15) is 22.8 Å². The molecule has 0 aliphatic carbocycles. The number of nitrogens with zero attached hydrogens (tertiary/aromatic N) is 4. The third-order valence-electron chi connectivity index (χ3n) is 3.11. The lowest BCUT2D eigenvalue weighted by Crippen LogP contribution is -2.17. The van der Waals surface area contributed by atoms with Crippen LogP contribution in [0.25, 0.3) is 0 Å². The highest BCUT2D eigenvalue weighted by Crippen LogP contribution is 2.33. The van der Waals surface area contributed by atoms with Crippen LogP contribution in [0.15, 0.2) is 18.2 Å². The van der Waals surface area contributed by atoms with E-state index in [9.17, 15) is 36.5 Å². The van der Waals surface area contributed by atoms with Crippen molar-refractivity contribution < 1.29 is 31.3 Å². The van der Waals surface area contributed by atoms with E-state index in [1.54, 1.807) is 0 Å². The van der Waals surface area contributed by atoms with Crippen LogP contribution >= 0.6 is 0 Å². The molecule has 2 aromatic rings. The number of aromatic nitrogens is 3. The van der Waals surface area contributed by atoms with Crippen molar-refractivity contribution in [1.82, 2.24) is 14.8 Å². The molecule has 0 unspecified atom stereocenters. The normalized spacial score (nSPS) is 12.5. The lowest BCUT2D eigenvalue weighted by molar-refractivity contribution is -0.385. The van der Waals surface area contributed by atoms with Crippen molar-refractivity contribution in [1.29, 1.82) is 0 Å². The Bertz CT molecular complexity index is 781. The van der Waals surface area contributed by atoms with Crippen LogP contribution < -0.4 is 0 Å². The van der Waals surface area contributed by atoms with Crippen LogP contribution in [-0.2, 0) is 18.9 Å². The van der Waals surface area contributed by atoms with Crippen molar-refractivity contribution >= 4 is 5.69 Å². The SMILES string of the molecule is Cc1c(Cn2nc(C(F)(F)F)nc2C(F)(F)F)cccc1[N+](=O)[O-]. The second kappa shape index (κ2) is 5.76. The summed E-state index contributed by atoms with van der Waals surface area (Å²) in [5.74, 6) is -3.77. The molecule has 0 atom stereocenters. The fourth-order valence-corrected chi connectivity index (χ4v) is 1.98. The van der Waals surface area contributed by atoms with Gasteiger partial charge in [0.2, 0.25) is 5.82 Å². The predicted octanol–water partition coefficient (Wildman–Crippen LogP) is 3.58. The number of halogens is 6. The van der Waals surface area contributed by atoms with Gasteiger partial charge in [0.25, 0.3) is 11.5 Å². The molecule has 0 N–H and O–H groups in total. The van der Waals surface area contributed by atoms with Crippen molar-refractivity contribution in [3.05, 3.63) is 51.1 Å². The molecule has 130 valence electrons. The standard InChI is InChI=1S/C12H8F6N4O2/c1-6-7(3-2-4-8(6)22(23)24)5-21-10(12(16,17)18)19-9(20-21)11(13,14)15/h2-4H,5H2,1H3. The van der Waals surface area contributed by atoms with Gasteiger partial charge in [0, 0.05) is 11.6 Å². The first-order valence-electron chi connectivity index (χ1n) is 6.23. The molecular formula is C12H8F6N4O2. The van der Waals surface area contributed by atoms with Crippen LogP contribution in [0, 0.1) is 17.0 Å². The molecule has 1 aromatic heterocycles. The Balaban J connectivity index is 2.52. The highest BCUT2D eigenvalue weighted by atomic mass is 19.4. The van der Waals surface area contributed by atoms with Crippen LogP contribution in [0.3, 0.4) is 0 Å². The van der Waals surface area contributed by atoms with E-state index in [1.807, 2.05) is 0 Å². The molecule has 0 saturated heterocycles. The van der Waals surface area contributed by atoms with Crippen LogP contribution in [0.2, 0.25) is 0 Å². The van der Waals surface area contributed by atoms with E-state index in [2.05, 4.69) is 10.1 Å². The lowest BCUT2D eigenvalue weighted by Gasteiger charge is -2.10. The Morgan fingerprint density at radius 3 is 2.29 bits per heavy atom. The van der Waals surface area contributed by atoms with E-state index >= 15 is 0 Å². The molecule has 24 heavy (non-hydrogen) atoms. The van der Waals surface area contributed by atoms with Crippen LogP contribution in [0.4, 0.5) is 32.0 Å². The predicted molar refractivity (Wildman–Crippen MR) is 67.0 cm³/mol. The Labute approximate surface area is 129 Å². The average Bonchev–Trinajstić information content (AvgIpc) is 2.84. The maximum absolute atomic E-state index is 12.9. The minimum Gasteiger partial charge on any atom is -0.258 e. The van der Waals surface area contributed by atoms with Crippen LogP contribution in [0.5, 0.6) is 0 Å². The van der Waals surface area contributed by atoms with Gasteiger partial charge in [-0.15, -0.1) is 5.10 Å². The van der Waals surface area contributed by atoms with Gasteiger partial charge in [-0.1, -0.05) is 12.1 Å². The molecule has 1 heterocycles. The van der Waals surface area contributed by atoms with Crippen molar-refractivity contribution in [3.63, 3.8) is 0 Å². The van der Waals surface area contributed by atoms with E-state index < -0.39 is 35.5 Å². The summed E-state index contributed by atoms with van der Waals surface area (Å²) in [4.78, 5) is 12.6. The van der Waals surface area contributed by atoms with Gasteiger partial charge >= 0.3 is 12.4 Å². The number of hydrogen-bond acceptors (Lipinski definition) is 4. The number of rotatable bonds is 3. The first kappa shape index (κ1) is 17.7. The smallest absolute Gasteiger partial charge is 0.258 e. The third kappa shape index (κ3) is 3.46. The summed E-state index contributed by atoms with van der Waals surface area (Å²) in [5.41, 5.74) is -0.315. The molecule has 0 fully saturated rings. The average molecular weight is 354 g/mol. The molecular weight excluding hydrogens is 346 g/mol. The second-order valence-corrected chi connectivity index (χ2v) is 4.73. The zero-order valence-corrected chi connectivity index (χ0v) is 11.8. The molecule has 12 heteroatoms. The van der Waals surface area contributed by atoms with Crippen molar-refractivity contribution in [2.75, 3.05) is 0 Å². The first-order chi connectivity index (χ1) is 10.9. The molecule has 0 saturated carbocycles. The van der Waals surface area contributed by atoms with Crippen molar-refractivity contribution in [2.45, 2.75) is 25.8 Å². The van der Waals surface area contributed by atoms with E-state index in [4.69, 9.17) is 0 Å². The van der Waals surface area contributed by atoms with E-state index in [0.29, 0.717) is 0 Å². The monoisotopic (exact) mass is 354 g/mol. The molecule has 0 radical (unpaired) electrons. The lowest BCUT2D eigenvalue weighted by atomic mass is 10.1. The molecule has 0 aliphatic rings. The topological polar surface area (TPSA) is 73.8 Å². The van der Waals surface area contributed by atoms with Gasteiger partial charge in [-0.05, 0) is 12.5 Å². The number of nitro benzene ring substituents is 1. The molecule has 0 amide bonds. The molecule has 0 bridgehead atoms. The van der Waals surface area contributed by atoms with Crippen LogP contribution in [-0.4, -0.2) is 19.7 Å². The molecule has 0 aliphatic heterocycles. The van der Waals surface area contributed by atoms with Gasteiger partial charge < -0.3 is 0 Å². The van der Waals surface area contributed by atoms with Gasteiger partial charge in [0.15, 0.2) is 0 Å². The fraction of sp³-hybridized carbons (Fsp3) is 0.333. The number of alkyl halides is 6. The highest BCUT2D eigenvalue weighted by Gasteiger charge is 2.44. The summed E-state index contributed by atoms with van der Waals surface area (Å²) in [6.07, 6.45) is -10.3. The highest BCUT2D eigenvalue weighted by molar-refractivity contribution is 5.44. The summed E-state index contributed by atoms with van der Waals surface area (Å²) in [6, 6.07) is 3.61. The number of hydrogen-bond donors (Lipinski definition) is 0. The summed E-state index contributed by atoms with van der Waals surface area (Å²) in [7, 11) is 0. The summed E-state index contributed by atoms with van der Waals surface area (Å²) in [6.45, 7) is 0.535. The van der Waals surface area contributed by atoms with E-state index in [1.165, 1.54) is 19.1 Å². The van der Waals surface area contributed by atoms with Crippen molar-refractivity contribution in [2.24, 2.45) is 0 Å². The van der Waals surface area contributed by atoms with Gasteiger partial charge in [0.1, 0.15) is 0 Å². The molecule has 0 spiro atoms. The van der Waals surface area contributed by atoms with Gasteiger partial charge in [0.05, 0.1) is 11.5 Å². The fourth-order valence-electron chi connectivity index (χ4n) is 1.98. The Kier molecular flexibility index (Phi) is 4.25. The molecule has 2 rings (SSSR count). The Morgan fingerprint density at radius 2 is 1.79 bits per heavy atom. The maximum atomic E-state index is 12.9. The zero-order valence-electron chi connectivity index (χ0n) is 11.8. The minimum absolute atomic E-state index is 0.0216. The summed E-state index contributed by atoms with van der Waals surface area (Å²) < 4.78 is 76.3.